The molecule has 0 bridgehead atoms. The molecule has 6 nitrogen and oxygen atoms in total. The Balaban J connectivity index is 1.77. The highest BCUT2D eigenvalue weighted by Crippen LogP contribution is 2.36. The number of rotatable bonds is 6. The quantitative estimate of drug-likeness (QED) is 0.571. The van der Waals surface area contributed by atoms with Gasteiger partial charge >= 0.3 is 0 Å². The van der Waals surface area contributed by atoms with Crippen LogP contribution in [0.4, 0.5) is 5.82 Å². The van der Waals surface area contributed by atoms with E-state index >= 15 is 0 Å². The fourth-order valence-corrected chi connectivity index (χ4v) is 4.27. The molecule has 6 heteroatoms. The van der Waals surface area contributed by atoms with Crippen molar-refractivity contribution in [3.63, 3.8) is 0 Å². The minimum atomic E-state index is 0.320. The Kier molecular flexibility index (Phi) is 5.66. The molecule has 0 amide bonds. The van der Waals surface area contributed by atoms with Gasteiger partial charge in [-0.3, -0.25) is 0 Å². The Labute approximate surface area is 177 Å². The second kappa shape index (κ2) is 8.38. The summed E-state index contributed by atoms with van der Waals surface area (Å²) in [5, 5.41) is 8.52. The molecule has 0 radical (unpaired) electrons. The Hall–Kier alpha value is -3.02. The topological polar surface area (TPSA) is 60.7 Å². The van der Waals surface area contributed by atoms with Gasteiger partial charge in [0.1, 0.15) is 5.82 Å². The molecule has 0 fully saturated rings. The number of nitrogens with one attached hydrogen (secondary N) is 1. The van der Waals surface area contributed by atoms with Gasteiger partial charge in [-0.2, -0.15) is 9.61 Å². The van der Waals surface area contributed by atoms with Crippen LogP contribution in [0.25, 0.3) is 16.8 Å². The average Bonchev–Trinajstić information content (AvgIpc) is 3.09. The van der Waals surface area contributed by atoms with E-state index in [4.69, 9.17) is 19.6 Å². The number of hydrogen-bond acceptors (Lipinski definition) is 5. The monoisotopic (exact) mass is 406 g/mol. The molecule has 0 saturated heterocycles. The zero-order chi connectivity index (χ0) is 21.3. The molecule has 3 aromatic rings. The Bertz CT molecular complexity index is 1090. The van der Waals surface area contributed by atoms with Crippen molar-refractivity contribution in [3.05, 3.63) is 47.8 Å². The highest BCUT2D eigenvalue weighted by Gasteiger charge is 2.21. The minimum Gasteiger partial charge on any atom is -0.493 e. The van der Waals surface area contributed by atoms with E-state index < -0.39 is 0 Å². The zero-order valence-corrected chi connectivity index (χ0v) is 18.4. The van der Waals surface area contributed by atoms with Crippen molar-refractivity contribution >= 4 is 11.5 Å². The van der Waals surface area contributed by atoms with Gasteiger partial charge in [0, 0.05) is 23.4 Å². The maximum absolute atomic E-state index is 5.50. The van der Waals surface area contributed by atoms with E-state index in [1.807, 2.05) is 36.6 Å². The maximum atomic E-state index is 5.50. The van der Waals surface area contributed by atoms with Crippen molar-refractivity contribution in [1.82, 2.24) is 14.6 Å². The van der Waals surface area contributed by atoms with Crippen LogP contribution in [-0.2, 0) is 0 Å². The zero-order valence-electron chi connectivity index (χ0n) is 18.4. The molecule has 158 valence electrons. The van der Waals surface area contributed by atoms with Crippen LogP contribution in [-0.4, -0.2) is 34.9 Å². The van der Waals surface area contributed by atoms with E-state index in [1.165, 1.54) is 19.3 Å². The van der Waals surface area contributed by atoms with Crippen LogP contribution < -0.4 is 14.8 Å². The normalized spacial score (nSPS) is 17.2. The standard InChI is InChI=1S/C24H30N4O2/c1-15-13-22(26-16(2)18-9-7-6-8-10-18)28-24(25-15)23(17(3)27-28)19-11-12-20(29-4)21(14-19)30-5/h7,9,11-14,16,18,26H,6,8,10H2,1-5H3. The molecule has 0 saturated carbocycles. The number of benzene rings is 1. The number of aryl methyl sites for hydroxylation is 2. The highest BCUT2D eigenvalue weighted by atomic mass is 16.5. The fraction of sp³-hybridized carbons (Fsp3) is 0.417. The molecular formula is C24H30N4O2. The first-order valence-corrected chi connectivity index (χ1v) is 10.5. The van der Waals surface area contributed by atoms with Crippen LogP contribution in [0.5, 0.6) is 11.5 Å². The van der Waals surface area contributed by atoms with Gasteiger partial charge in [-0.25, -0.2) is 4.98 Å². The van der Waals surface area contributed by atoms with Crippen LogP contribution >= 0.6 is 0 Å². The summed E-state index contributed by atoms with van der Waals surface area (Å²) in [6.07, 6.45) is 8.30. The third-order valence-corrected chi connectivity index (χ3v) is 5.87. The van der Waals surface area contributed by atoms with E-state index in [0.29, 0.717) is 23.5 Å². The van der Waals surface area contributed by atoms with Gasteiger partial charge < -0.3 is 14.8 Å². The van der Waals surface area contributed by atoms with Crippen molar-refractivity contribution in [2.24, 2.45) is 5.92 Å². The number of nitrogens with zero attached hydrogens (tertiary/aromatic N) is 3. The third-order valence-electron chi connectivity index (χ3n) is 5.87. The number of hydrogen-bond donors (Lipinski definition) is 1. The van der Waals surface area contributed by atoms with Gasteiger partial charge in [-0.15, -0.1) is 0 Å². The number of aromatic nitrogens is 3. The molecule has 1 N–H and O–H groups in total. The summed E-state index contributed by atoms with van der Waals surface area (Å²) >= 11 is 0. The molecule has 2 atom stereocenters. The maximum Gasteiger partial charge on any atom is 0.165 e. The number of allylic oxidation sites excluding steroid dienone is 1. The lowest BCUT2D eigenvalue weighted by molar-refractivity contribution is 0.355. The molecule has 30 heavy (non-hydrogen) atoms. The molecule has 1 aliphatic carbocycles. The Morgan fingerprint density at radius 1 is 1.13 bits per heavy atom. The van der Waals surface area contributed by atoms with Gasteiger partial charge in [-0.05, 0) is 63.6 Å². The van der Waals surface area contributed by atoms with E-state index in [1.54, 1.807) is 14.2 Å². The number of ether oxygens (including phenoxy) is 2. The van der Waals surface area contributed by atoms with Crippen molar-refractivity contribution in [1.29, 1.82) is 0 Å². The molecule has 2 unspecified atom stereocenters. The molecule has 2 aromatic heterocycles. The van der Waals surface area contributed by atoms with Crippen molar-refractivity contribution < 1.29 is 9.47 Å². The second-order valence-electron chi connectivity index (χ2n) is 8.00. The van der Waals surface area contributed by atoms with Crippen LogP contribution in [0.2, 0.25) is 0 Å². The largest absolute Gasteiger partial charge is 0.493 e. The predicted molar refractivity (Wildman–Crippen MR) is 121 cm³/mol. The Morgan fingerprint density at radius 3 is 2.63 bits per heavy atom. The minimum absolute atomic E-state index is 0.320. The van der Waals surface area contributed by atoms with Crippen LogP contribution in [0.1, 0.15) is 37.6 Å². The molecule has 0 aliphatic heterocycles. The lowest BCUT2D eigenvalue weighted by Crippen LogP contribution is -2.27. The van der Waals surface area contributed by atoms with Gasteiger partial charge in [0.05, 0.1) is 19.9 Å². The van der Waals surface area contributed by atoms with Crippen molar-refractivity contribution in [2.75, 3.05) is 19.5 Å². The average molecular weight is 407 g/mol. The molecule has 0 spiro atoms. The summed E-state index contributed by atoms with van der Waals surface area (Å²) in [6, 6.07) is 8.32. The number of anilines is 1. The smallest absolute Gasteiger partial charge is 0.165 e. The fourth-order valence-electron chi connectivity index (χ4n) is 4.27. The highest BCUT2D eigenvalue weighted by molar-refractivity contribution is 5.82. The van der Waals surface area contributed by atoms with Crippen LogP contribution in [0.3, 0.4) is 0 Å². The van der Waals surface area contributed by atoms with Crippen LogP contribution in [0, 0.1) is 19.8 Å². The molecule has 1 aliphatic rings. The van der Waals surface area contributed by atoms with E-state index in [-0.39, 0.29) is 0 Å². The summed E-state index contributed by atoms with van der Waals surface area (Å²) in [5.41, 5.74) is 4.74. The number of methoxy groups -OCH3 is 2. The summed E-state index contributed by atoms with van der Waals surface area (Å²) < 4.78 is 12.8. The van der Waals surface area contributed by atoms with Gasteiger partial charge in [0.2, 0.25) is 0 Å². The van der Waals surface area contributed by atoms with E-state index in [2.05, 4.69) is 30.5 Å². The summed E-state index contributed by atoms with van der Waals surface area (Å²) in [6.45, 7) is 6.29. The molecule has 1 aromatic carbocycles. The predicted octanol–water partition coefficient (Wildman–Crippen LogP) is 5.19. The first-order valence-electron chi connectivity index (χ1n) is 10.5. The molecule has 2 heterocycles. The SMILES string of the molecule is COc1ccc(-c2c(C)nn3c(NC(C)C4C=CCCC4)cc(C)nc23)cc1OC. The summed E-state index contributed by atoms with van der Waals surface area (Å²) in [5.74, 6) is 2.90. The molecule has 4 rings (SSSR count). The first kappa shape index (κ1) is 20.3. The first-order chi connectivity index (χ1) is 14.5. The van der Waals surface area contributed by atoms with Crippen molar-refractivity contribution in [3.8, 4) is 22.6 Å². The third kappa shape index (κ3) is 3.74. The number of fused-ring (bicyclic) bond motifs is 1. The second-order valence-corrected chi connectivity index (χ2v) is 8.00. The van der Waals surface area contributed by atoms with Crippen molar-refractivity contribution in [2.45, 2.75) is 46.1 Å². The summed E-state index contributed by atoms with van der Waals surface area (Å²) in [7, 11) is 3.29. The lowest BCUT2D eigenvalue weighted by Gasteiger charge is -2.25. The van der Waals surface area contributed by atoms with E-state index in [9.17, 15) is 0 Å². The van der Waals surface area contributed by atoms with E-state index in [0.717, 1.165) is 34.0 Å². The van der Waals surface area contributed by atoms with Gasteiger partial charge in [0.15, 0.2) is 17.1 Å². The van der Waals surface area contributed by atoms with Gasteiger partial charge in [0.25, 0.3) is 0 Å². The summed E-state index contributed by atoms with van der Waals surface area (Å²) in [4.78, 5) is 4.83. The molecular weight excluding hydrogens is 376 g/mol. The van der Waals surface area contributed by atoms with Crippen LogP contribution in [0.15, 0.2) is 36.4 Å². The van der Waals surface area contributed by atoms with Gasteiger partial charge in [-0.1, -0.05) is 18.2 Å². The lowest BCUT2D eigenvalue weighted by atomic mass is 9.90. The Morgan fingerprint density at radius 2 is 1.93 bits per heavy atom.